The SMILES string of the molecule is Cc1ccc(S(=O)(=O)c2c(N)n(/N=C\c3ccc(N(C)C)cc3)c3nc4ccccc4nc23)cc1C. The summed E-state index contributed by atoms with van der Waals surface area (Å²) >= 11 is 0. The lowest BCUT2D eigenvalue weighted by Crippen LogP contribution is -2.08. The number of hydrogen-bond donors (Lipinski definition) is 1. The Hall–Kier alpha value is -4.24. The summed E-state index contributed by atoms with van der Waals surface area (Å²) in [5, 5.41) is 4.53. The molecule has 0 unspecified atom stereocenters. The molecule has 36 heavy (non-hydrogen) atoms. The minimum absolute atomic E-state index is 0.0419. The standard InChI is InChI=1S/C27H26N6O2S/c1-17-9-14-21(15-18(17)2)36(34,35)25-24-27(31-23-8-6-5-7-22(23)30-24)33(26(25)28)29-16-19-10-12-20(13-11-19)32(3)4/h5-16H,28H2,1-4H3/b29-16-. The maximum absolute atomic E-state index is 13.8. The Morgan fingerprint density at radius 3 is 2.22 bits per heavy atom. The maximum Gasteiger partial charge on any atom is 0.212 e. The maximum atomic E-state index is 13.8. The number of nitrogens with two attached hydrogens (primary N) is 1. The van der Waals surface area contributed by atoms with Crippen LogP contribution < -0.4 is 10.6 Å². The predicted molar refractivity (Wildman–Crippen MR) is 145 cm³/mol. The molecular formula is C27H26N6O2S. The Balaban J connectivity index is 1.73. The third-order valence-electron chi connectivity index (χ3n) is 6.22. The number of anilines is 2. The molecule has 2 N–H and O–H groups in total. The Bertz CT molecular complexity index is 1750. The number of rotatable bonds is 5. The van der Waals surface area contributed by atoms with Gasteiger partial charge < -0.3 is 10.6 Å². The van der Waals surface area contributed by atoms with Crippen LogP contribution in [0, 0.1) is 13.8 Å². The van der Waals surface area contributed by atoms with Crippen LogP contribution in [0.3, 0.4) is 0 Å². The molecule has 2 aromatic heterocycles. The fourth-order valence-corrected chi connectivity index (χ4v) is 5.55. The summed E-state index contributed by atoms with van der Waals surface area (Å²) in [6.45, 7) is 3.81. The van der Waals surface area contributed by atoms with Gasteiger partial charge in [0.05, 0.1) is 22.1 Å². The first-order chi connectivity index (χ1) is 17.2. The minimum atomic E-state index is -4.01. The zero-order valence-corrected chi connectivity index (χ0v) is 21.3. The van der Waals surface area contributed by atoms with Crippen molar-refractivity contribution in [1.29, 1.82) is 0 Å². The quantitative estimate of drug-likeness (QED) is 0.356. The predicted octanol–water partition coefficient (Wildman–Crippen LogP) is 4.56. The van der Waals surface area contributed by atoms with Crippen molar-refractivity contribution < 1.29 is 8.42 Å². The summed E-state index contributed by atoms with van der Waals surface area (Å²) in [6, 6.07) is 20.1. The number of benzene rings is 3. The first-order valence-corrected chi connectivity index (χ1v) is 12.9. The van der Waals surface area contributed by atoms with Crippen molar-refractivity contribution in [3.8, 4) is 0 Å². The molecule has 0 bridgehead atoms. The molecule has 0 radical (unpaired) electrons. The number of aryl methyl sites for hydroxylation is 2. The summed E-state index contributed by atoms with van der Waals surface area (Å²) in [7, 11) is -0.0721. The third kappa shape index (κ3) is 3.97. The van der Waals surface area contributed by atoms with E-state index in [2.05, 4.69) is 15.1 Å². The van der Waals surface area contributed by atoms with E-state index in [1.165, 1.54) is 4.68 Å². The number of hydrogen-bond acceptors (Lipinski definition) is 7. The van der Waals surface area contributed by atoms with Crippen LogP contribution in [0.2, 0.25) is 0 Å². The van der Waals surface area contributed by atoms with Crippen LogP contribution in [-0.2, 0) is 9.84 Å². The van der Waals surface area contributed by atoms with Crippen molar-refractivity contribution in [2.75, 3.05) is 24.7 Å². The molecule has 0 amide bonds. The Morgan fingerprint density at radius 2 is 1.58 bits per heavy atom. The molecule has 5 aromatic rings. The van der Waals surface area contributed by atoms with Crippen LogP contribution in [0.15, 0.2) is 81.6 Å². The van der Waals surface area contributed by atoms with Gasteiger partial charge in [0, 0.05) is 19.8 Å². The van der Waals surface area contributed by atoms with Gasteiger partial charge in [0.25, 0.3) is 0 Å². The van der Waals surface area contributed by atoms with Crippen LogP contribution in [0.5, 0.6) is 0 Å². The monoisotopic (exact) mass is 498 g/mol. The fraction of sp³-hybridized carbons (Fsp3) is 0.148. The van der Waals surface area contributed by atoms with Gasteiger partial charge >= 0.3 is 0 Å². The van der Waals surface area contributed by atoms with E-state index in [4.69, 9.17) is 5.73 Å². The lowest BCUT2D eigenvalue weighted by Gasteiger charge is -2.11. The Morgan fingerprint density at radius 1 is 0.917 bits per heavy atom. The van der Waals surface area contributed by atoms with Gasteiger partial charge in [-0.2, -0.15) is 9.78 Å². The first kappa shape index (κ1) is 23.5. The average molecular weight is 499 g/mol. The summed E-state index contributed by atoms with van der Waals surface area (Å²) < 4.78 is 29.0. The smallest absolute Gasteiger partial charge is 0.212 e. The molecule has 0 aliphatic heterocycles. The second-order valence-corrected chi connectivity index (χ2v) is 10.8. The van der Waals surface area contributed by atoms with Gasteiger partial charge in [0.1, 0.15) is 16.2 Å². The highest BCUT2D eigenvalue weighted by molar-refractivity contribution is 7.92. The van der Waals surface area contributed by atoms with Crippen molar-refractivity contribution in [1.82, 2.24) is 14.6 Å². The van der Waals surface area contributed by atoms with Gasteiger partial charge in [-0.25, -0.2) is 18.4 Å². The third-order valence-corrected chi connectivity index (χ3v) is 8.03. The Kier molecular flexibility index (Phi) is 5.72. The molecular weight excluding hydrogens is 472 g/mol. The normalized spacial score (nSPS) is 12.1. The molecule has 0 spiro atoms. The van der Waals surface area contributed by atoms with Crippen LogP contribution in [-0.4, -0.2) is 43.4 Å². The molecule has 2 heterocycles. The van der Waals surface area contributed by atoms with Gasteiger partial charge in [0.15, 0.2) is 5.65 Å². The molecule has 5 rings (SSSR count). The summed E-state index contributed by atoms with van der Waals surface area (Å²) in [6.07, 6.45) is 1.62. The van der Waals surface area contributed by atoms with E-state index in [9.17, 15) is 8.42 Å². The largest absolute Gasteiger partial charge is 0.382 e. The number of aromatic nitrogens is 3. The second-order valence-electron chi connectivity index (χ2n) is 8.89. The van der Waals surface area contributed by atoms with Gasteiger partial charge in [-0.15, -0.1) is 0 Å². The zero-order valence-electron chi connectivity index (χ0n) is 20.5. The van der Waals surface area contributed by atoms with Crippen LogP contribution in [0.1, 0.15) is 16.7 Å². The highest BCUT2D eigenvalue weighted by Gasteiger charge is 2.30. The fourth-order valence-electron chi connectivity index (χ4n) is 3.99. The number of nitrogen functional groups attached to an aromatic ring is 1. The summed E-state index contributed by atoms with van der Waals surface area (Å²) in [4.78, 5) is 11.4. The number of nitrogens with zero attached hydrogens (tertiary/aromatic N) is 5. The molecule has 0 aliphatic carbocycles. The van der Waals surface area contributed by atoms with Crippen molar-refractivity contribution in [3.63, 3.8) is 0 Å². The minimum Gasteiger partial charge on any atom is -0.382 e. The van der Waals surface area contributed by atoms with E-state index >= 15 is 0 Å². The summed E-state index contributed by atoms with van der Waals surface area (Å²) in [5.74, 6) is -0.0419. The van der Waals surface area contributed by atoms with Crippen LogP contribution >= 0.6 is 0 Å². The van der Waals surface area contributed by atoms with Crippen LogP contribution in [0.25, 0.3) is 22.2 Å². The van der Waals surface area contributed by atoms with Gasteiger partial charge in [0.2, 0.25) is 9.84 Å². The van der Waals surface area contributed by atoms with Crippen molar-refractivity contribution >= 4 is 49.8 Å². The highest BCUT2D eigenvalue weighted by atomic mass is 32.2. The van der Waals surface area contributed by atoms with Crippen molar-refractivity contribution in [2.45, 2.75) is 23.6 Å². The van der Waals surface area contributed by atoms with E-state index in [1.54, 1.807) is 30.5 Å². The molecule has 0 fully saturated rings. The molecule has 3 aromatic carbocycles. The number of para-hydroxylation sites is 2. The number of fused-ring (bicyclic) bond motifs is 2. The molecule has 0 saturated heterocycles. The topological polar surface area (TPSA) is 106 Å². The highest BCUT2D eigenvalue weighted by Crippen LogP contribution is 2.35. The van der Waals surface area contributed by atoms with Gasteiger partial charge in [-0.1, -0.05) is 30.3 Å². The lowest BCUT2D eigenvalue weighted by molar-refractivity contribution is 0.597. The summed E-state index contributed by atoms with van der Waals surface area (Å²) in [5.41, 5.74) is 11.9. The zero-order chi connectivity index (χ0) is 25.6. The first-order valence-electron chi connectivity index (χ1n) is 11.4. The van der Waals surface area contributed by atoms with E-state index in [-0.39, 0.29) is 26.8 Å². The van der Waals surface area contributed by atoms with E-state index < -0.39 is 9.84 Å². The lowest BCUT2D eigenvalue weighted by atomic mass is 10.1. The van der Waals surface area contributed by atoms with Gasteiger partial charge in [-0.05, 0) is 66.9 Å². The molecule has 0 saturated carbocycles. The molecule has 182 valence electrons. The van der Waals surface area contributed by atoms with E-state index in [0.29, 0.717) is 11.0 Å². The van der Waals surface area contributed by atoms with Crippen LogP contribution in [0.4, 0.5) is 11.5 Å². The molecule has 0 atom stereocenters. The van der Waals surface area contributed by atoms with E-state index in [1.807, 2.05) is 75.3 Å². The molecule has 0 aliphatic rings. The second kappa shape index (κ2) is 8.76. The molecule has 8 nitrogen and oxygen atoms in total. The van der Waals surface area contributed by atoms with E-state index in [0.717, 1.165) is 22.4 Å². The number of sulfone groups is 1. The molecule has 9 heteroatoms. The van der Waals surface area contributed by atoms with Gasteiger partial charge in [-0.3, -0.25) is 0 Å². The Labute approximate surface area is 209 Å². The van der Waals surface area contributed by atoms with Crippen molar-refractivity contribution in [3.05, 3.63) is 83.4 Å². The average Bonchev–Trinajstić information content (AvgIpc) is 3.13. The van der Waals surface area contributed by atoms with Crippen molar-refractivity contribution in [2.24, 2.45) is 5.10 Å².